The van der Waals surface area contributed by atoms with E-state index in [2.05, 4.69) is 0 Å². The van der Waals surface area contributed by atoms with Crippen LogP contribution in [0.3, 0.4) is 0 Å². The van der Waals surface area contributed by atoms with Crippen molar-refractivity contribution in [1.29, 1.82) is 0 Å². The highest BCUT2D eigenvalue weighted by atomic mass is 35.5. The van der Waals surface area contributed by atoms with Crippen LogP contribution in [0.1, 0.15) is 12.8 Å². The second-order valence-corrected chi connectivity index (χ2v) is 3.17. The van der Waals surface area contributed by atoms with Crippen LogP contribution < -0.4 is 0 Å². The second-order valence-electron chi connectivity index (χ2n) is 2.80. The average Bonchev–Trinajstić information content (AvgIpc) is 2.31. The van der Waals surface area contributed by atoms with E-state index in [1.165, 1.54) is 0 Å². The molecule has 0 aliphatic heterocycles. The van der Waals surface area contributed by atoms with Gasteiger partial charge in [-0.3, -0.25) is 14.4 Å². The van der Waals surface area contributed by atoms with Gasteiger partial charge in [-0.05, 0) is 11.6 Å². The monoisotopic (exact) mass is 190 g/mol. The number of carbonyl (C=O) groups excluding carboxylic acids is 2. The summed E-state index contributed by atoms with van der Waals surface area (Å²) in [4.78, 5) is 32.0. The maximum Gasteiger partial charge on any atom is 0.307 e. The van der Waals surface area contributed by atoms with Crippen LogP contribution in [-0.2, 0) is 14.4 Å². The minimum absolute atomic E-state index is 0.0285. The molecular weight excluding hydrogens is 184 g/mol. The third kappa shape index (κ3) is 1.64. The molecule has 1 fully saturated rings. The van der Waals surface area contributed by atoms with Gasteiger partial charge in [-0.25, -0.2) is 0 Å². The van der Waals surface area contributed by atoms with Gasteiger partial charge in [-0.1, -0.05) is 0 Å². The fraction of sp³-hybridized carbons (Fsp3) is 0.571. The lowest BCUT2D eigenvalue weighted by molar-refractivity contribution is -0.144. The van der Waals surface area contributed by atoms with Gasteiger partial charge in [0.25, 0.3) is 0 Å². The molecule has 1 saturated carbocycles. The molecule has 0 aromatic carbocycles. The number of hydrogen-bond donors (Lipinski definition) is 1. The van der Waals surface area contributed by atoms with Crippen LogP contribution in [0.4, 0.5) is 0 Å². The van der Waals surface area contributed by atoms with Gasteiger partial charge < -0.3 is 5.11 Å². The van der Waals surface area contributed by atoms with E-state index in [1.54, 1.807) is 0 Å². The van der Waals surface area contributed by atoms with Crippen LogP contribution in [0.15, 0.2) is 0 Å². The van der Waals surface area contributed by atoms with Gasteiger partial charge in [-0.15, -0.1) is 0 Å². The molecule has 0 heterocycles. The number of carbonyl (C=O) groups is 3. The first-order chi connectivity index (χ1) is 5.52. The average molecular weight is 191 g/mol. The number of aliphatic carboxylic acids is 1. The molecule has 0 bridgehead atoms. The normalized spacial score (nSPS) is 28.9. The molecule has 0 saturated heterocycles. The number of Topliss-reactive ketones (excluding diaryl/α,β-unsaturated/α-hetero) is 1. The van der Waals surface area contributed by atoms with Crippen molar-refractivity contribution in [2.45, 2.75) is 12.8 Å². The minimum Gasteiger partial charge on any atom is -0.481 e. The van der Waals surface area contributed by atoms with Crippen molar-refractivity contribution in [1.82, 2.24) is 0 Å². The molecule has 1 aliphatic carbocycles. The zero-order valence-electron chi connectivity index (χ0n) is 6.12. The summed E-state index contributed by atoms with van der Waals surface area (Å²) in [5.41, 5.74) is 0. The number of carboxylic acid groups (broad SMARTS) is 1. The Bertz CT molecular complexity index is 224. The predicted octanol–water partition coefficient (Wildman–Crippen LogP) is 0.432. The molecule has 0 aromatic heterocycles. The minimum atomic E-state index is -1.13. The molecule has 0 radical (unpaired) electrons. The first-order valence-electron chi connectivity index (χ1n) is 3.46. The fourth-order valence-electron chi connectivity index (χ4n) is 1.36. The summed E-state index contributed by atoms with van der Waals surface area (Å²) in [5, 5.41) is 7.86. The summed E-state index contributed by atoms with van der Waals surface area (Å²) in [6.07, 6.45) is -0.0994. The molecule has 1 rings (SSSR count). The quantitative estimate of drug-likeness (QED) is 0.641. The summed E-state index contributed by atoms with van der Waals surface area (Å²) in [6.45, 7) is 0. The number of rotatable bonds is 2. The van der Waals surface area contributed by atoms with Crippen molar-refractivity contribution in [3.8, 4) is 0 Å². The summed E-state index contributed by atoms with van der Waals surface area (Å²) in [6, 6.07) is 0. The van der Waals surface area contributed by atoms with E-state index in [0.717, 1.165) is 0 Å². The highest BCUT2D eigenvalue weighted by Gasteiger charge is 2.41. The van der Waals surface area contributed by atoms with Gasteiger partial charge in [-0.2, -0.15) is 0 Å². The molecule has 2 atom stereocenters. The molecule has 4 nitrogen and oxygen atoms in total. The van der Waals surface area contributed by atoms with Gasteiger partial charge in [0.1, 0.15) is 5.78 Å². The lowest BCUT2D eigenvalue weighted by Crippen LogP contribution is -2.22. The maximum atomic E-state index is 10.8. The lowest BCUT2D eigenvalue weighted by atomic mass is 9.98. The van der Waals surface area contributed by atoms with Crippen LogP contribution in [-0.4, -0.2) is 22.1 Å². The van der Waals surface area contributed by atoms with E-state index in [4.69, 9.17) is 16.7 Å². The Labute approximate surface area is 73.5 Å². The zero-order chi connectivity index (χ0) is 9.30. The number of ketones is 1. The Morgan fingerprint density at radius 2 is 1.83 bits per heavy atom. The third-order valence-corrected chi connectivity index (χ3v) is 2.27. The Balaban J connectivity index is 2.79. The Kier molecular flexibility index (Phi) is 2.47. The van der Waals surface area contributed by atoms with Crippen LogP contribution in [0.25, 0.3) is 0 Å². The van der Waals surface area contributed by atoms with E-state index in [1.807, 2.05) is 0 Å². The van der Waals surface area contributed by atoms with Crippen LogP contribution >= 0.6 is 11.6 Å². The molecule has 0 aromatic rings. The SMILES string of the molecule is O=C1CC(C(=O)O)C(C(=O)Cl)C1. The van der Waals surface area contributed by atoms with Crippen molar-refractivity contribution in [2.75, 3.05) is 0 Å². The molecule has 2 unspecified atom stereocenters. The first kappa shape index (κ1) is 9.19. The van der Waals surface area contributed by atoms with Crippen LogP contribution in [0.5, 0.6) is 0 Å². The van der Waals surface area contributed by atoms with Crippen molar-refractivity contribution in [3.63, 3.8) is 0 Å². The maximum absolute atomic E-state index is 10.8. The first-order valence-corrected chi connectivity index (χ1v) is 3.84. The molecule has 66 valence electrons. The second kappa shape index (κ2) is 3.23. The molecule has 5 heteroatoms. The third-order valence-electron chi connectivity index (χ3n) is 1.99. The molecule has 12 heavy (non-hydrogen) atoms. The molecule has 1 N–H and O–H groups in total. The van der Waals surface area contributed by atoms with Crippen molar-refractivity contribution >= 4 is 28.6 Å². The smallest absolute Gasteiger partial charge is 0.307 e. The van der Waals surface area contributed by atoms with Crippen molar-refractivity contribution < 1.29 is 19.5 Å². The highest BCUT2D eigenvalue weighted by molar-refractivity contribution is 6.64. The van der Waals surface area contributed by atoms with Crippen molar-refractivity contribution in [2.24, 2.45) is 11.8 Å². The van der Waals surface area contributed by atoms with Gasteiger partial charge in [0.2, 0.25) is 5.24 Å². The van der Waals surface area contributed by atoms with Crippen molar-refractivity contribution in [3.05, 3.63) is 0 Å². The standard InChI is InChI=1S/C7H7ClO4/c8-6(10)4-1-3(9)2-5(4)7(11)12/h4-5H,1-2H2,(H,11,12). The Hall–Kier alpha value is -0.900. The van der Waals surface area contributed by atoms with E-state index >= 15 is 0 Å². The topological polar surface area (TPSA) is 71.4 Å². The van der Waals surface area contributed by atoms with Crippen LogP contribution in [0, 0.1) is 11.8 Å². The summed E-state index contributed by atoms with van der Waals surface area (Å²) in [7, 11) is 0. The largest absolute Gasteiger partial charge is 0.481 e. The van der Waals surface area contributed by atoms with Gasteiger partial charge in [0.05, 0.1) is 11.8 Å². The molecule has 1 aliphatic rings. The number of carboxylic acids is 1. The molecule has 0 amide bonds. The van der Waals surface area contributed by atoms with E-state index in [9.17, 15) is 14.4 Å². The summed E-state index contributed by atoms with van der Waals surface area (Å²) < 4.78 is 0. The van der Waals surface area contributed by atoms with Gasteiger partial charge >= 0.3 is 5.97 Å². The lowest BCUT2D eigenvalue weighted by Gasteiger charge is -2.08. The van der Waals surface area contributed by atoms with Gasteiger partial charge in [0, 0.05) is 12.8 Å². The Morgan fingerprint density at radius 3 is 2.17 bits per heavy atom. The van der Waals surface area contributed by atoms with Crippen LogP contribution in [0.2, 0.25) is 0 Å². The number of halogens is 1. The summed E-state index contributed by atoms with van der Waals surface area (Å²) >= 11 is 5.13. The fourth-order valence-corrected chi connectivity index (χ4v) is 1.59. The molecular formula is C7H7ClO4. The number of hydrogen-bond acceptors (Lipinski definition) is 3. The zero-order valence-corrected chi connectivity index (χ0v) is 6.87. The predicted molar refractivity (Wildman–Crippen MR) is 39.7 cm³/mol. The summed E-state index contributed by atoms with van der Waals surface area (Å²) in [5.74, 6) is -3.07. The molecule has 0 spiro atoms. The highest BCUT2D eigenvalue weighted by Crippen LogP contribution is 2.30. The Morgan fingerprint density at radius 1 is 1.33 bits per heavy atom. The van der Waals surface area contributed by atoms with E-state index < -0.39 is 23.0 Å². The van der Waals surface area contributed by atoms with E-state index in [0.29, 0.717) is 0 Å². The van der Waals surface area contributed by atoms with E-state index in [-0.39, 0.29) is 18.6 Å². The van der Waals surface area contributed by atoms with Gasteiger partial charge in [0.15, 0.2) is 0 Å².